The topological polar surface area (TPSA) is 108 Å². The van der Waals surface area contributed by atoms with Crippen molar-refractivity contribution < 1.29 is 28.0 Å². The first-order chi connectivity index (χ1) is 24.4. The van der Waals surface area contributed by atoms with Crippen molar-refractivity contribution in [3.8, 4) is 28.4 Å². The Morgan fingerprint density at radius 2 is 1.06 bits per heavy atom. The third-order valence-corrected chi connectivity index (χ3v) is 8.68. The van der Waals surface area contributed by atoms with Crippen molar-refractivity contribution in [3.63, 3.8) is 0 Å². The average Bonchev–Trinajstić information content (AvgIpc) is 3.17. The molecule has 0 aliphatic carbocycles. The van der Waals surface area contributed by atoms with Gasteiger partial charge in [-0.05, 0) is 98.2 Å². The monoisotopic (exact) mass is 775 g/mol. The molecule has 50 heavy (non-hydrogen) atoms. The lowest BCUT2D eigenvalue weighted by molar-refractivity contribution is 0.412. The van der Waals surface area contributed by atoms with E-state index in [-0.39, 0.29) is 10.9 Å². The van der Waals surface area contributed by atoms with Crippen molar-refractivity contribution in [2.24, 2.45) is 0 Å². The number of ether oxygens (including phenoxy) is 2. The van der Waals surface area contributed by atoms with Gasteiger partial charge in [0.2, 0.25) is 10.9 Å². The third-order valence-electron chi connectivity index (χ3n) is 7.94. The maximum Gasteiger partial charge on any atom is 0.569 e. The summed E-state index contributed by atoms with van der Waals surface area (Å²) in [5.41, 5.74) is 2.63. The largest absolute Gasteiger partial charge is 0.569 e. The Balaban J connectivity index is 0.000000139. The Morgan fingerprint density at radius 3 is 1.60 bits per heavy atom. The van der Waals surface area contributed by atoms with E-state index >= 15 is 0 Å². The van der Waals surface area contributed by atoms with E-state index in [1.807, 2.05) is 120 Å². The third kappa shape index (κ3) is 7.36. The van der Waals surface area contributed by atoms with Crippen LogP contribution in [0.4, 0.5) is 0 Å². The lowest BCUT2D eigenvalue weighted by Crippen LogP contribution is -2.05. The van der Waals surface area contributed by atoms with Gasteiger partial charge in [0.15, 0.2) is 0 Å². The summed E-state index contributed by atoms with van der Waals surface area (Å²) in [6, 6.07) is 37.6. The molecule has 0 aliphatic rings. The number of hydrogen-bond acceptors (Lipinski definition) is 8. The van der Waals surface area contributed by atoms with Crippen LogP contribution >= 0.6 is 22.6 Å². The molecule has 0 saturated heterocycles. The lowest BCUT2D eigenvalue weighted by Gasteiger charge is -2.06. The summed E-state index contributed by atoms with van der Waals surface area (Å²) in [4.78, 5) is 25.1. The Bertz CT molecular complexity index is 2530. The van der Waals surface area contributed by atoms with Crippen LogP contribution in [0, 0.1) is 3.57 Å². The predicted octanol–water partition coefficient (Wildman–Crippen LogP) is 8.77. The molecular weight excluding hydrogens is 746 g/mol. The van der Waals surface area contributed by atoms with Crippen molar-refractivity contribution in [1.29, 1.82) is 0 Å². The molecule has 247 valence electrons. The number of fused-ring (bicyclic) bond motifs is 6. The van der Waals surface area contributed by atoms with Crippen LogP contribution in [0.5, 0.6) is 17.2 Å². The molecule has 1 N–H and O–H groups in total. The lowest BCUT2D eigenvalue weighted by atomic mass is 10.0. The van der Waals surface area contributed by atoms with Crippen LogP contribution in [0.25, 0.3) is 54.6 Å². The van der Waals surface area contributed by atoms with Crippen molar-refractivity contribution >= 4 is 73.8 Å². The van der Waals surface area contributed by atoms with Crippen LogP contribution in [0.2, 0.25) is 0 Å². The minimum absolute atomic E-state index is 0.0202. The first-order valence-corrected chi connectivity index (χ1v) is 16.4. The molecule has 2 heterocycles. The second kappa shape index (κ2) is 15.8. The molecule has 6 aromatic carbocycles. The maximum atomic E-state index is 13.0. The van der Waals surface area contributed by atoms with Crippen molar-refractivity contribution in [3.05, 3.63) is 158 Å². The molecule has 0 bridgehead atoms. The van der Waals surface area contributed by atoms with Gasteiger partial charge in [0.1, 0.15) is 40.9 Å². The fourth-order valence-corrected chi connectivity index (χ4v) is 5.85. The van der Waals surface area contributed by atoms with Gasteiger partial charge < -0.3 is 28.0 Å². The molecule has 0 atom stereocenters. The highest BCUT2D eigenvalue weighted by atomic mass is 127. The predicted molar refractivity (Wildman–Crippen MR) is 206 cm³/mol. The Morgan fingerprint density at radius 1 is 0.580 bits per heavy atom. The first kappa shape index (κ1) is 34.3. The molecule has 0 unspecified atom stereocenters. The summed E-state index contributed by atoms with van der Waals surface area (Å²) in [5, 5.41) is 13.5. The minimum atomic E-state index is -0.0202. The van der Waals surface area contributed by atoms with Gasteiger partial charge in [-0.25, -0.2) is 0 Å². The zero-order chi connectivity index (χ0) is 35.0. The van der Waals surface area contributed by atoms with Gasteiger partial charge in [-0.15, -0.1) is 0 Å². The van der Waals surface area contributed by atoms with Gasteiger partial charge in [-0.3, -0.25) is 9.59 Å². The van der Waals surface area contributed by atoms with Crippen LogP contribution in [-0.2, 0) is 0 Å². The van der Waals surface area contributed by atoms with E-state index in [1.165, 1.54) is 12.5 Å². The van der Waals surface area contributed by atoms with E-state index < -0.39 is 0 Å². The molecule has 8 rings (SSSR count). The molecule has 2 aromatic heterocycles. The standard InChI is InChI=1S/C20H14O3.C13H7IO2.C7H8BO3/c1-22-15-9-6-14(7-10-15)17-12-23-18-11-8-13-4-2-3-5-16(13)19(18)20(17)21;14-10-7-16-11-6-5-8-3-1-2-4-9(8)12(11)13(10)15;1-10-6-2-4-7(5-3-6)11-8-9/h2-12H,1H3;1-7H;2-5,9H,1H3. The van der Waals surface area contributed by atoms with E-state index in [1.54, 1.807) is 38.5 Å². The van der Waals surface area contributed by atoms with E-state index in [2.05, 4.69) is 4.65 Å². The van der Waals surface area contributed by atoms with Crippen LogP contribution < -0.4 is 25.0 Å². The van der Waals surface area contributed by atoms with E-state index in [0.29, 0.717) is 44.5 Å². The highest BCUT2D eigenvalue weighted by Crippen LogP contribution is 2.27. The van der Waals surface area contributed by atoms with Gasteiger partial charge in [-0.1, -0.05) is 72.8 Å². The van der Waals surface area contributed by atoms with Gasteiger partial charge >= 0.3 is 7.69 Å². The van der Waals surface area contributed by atoms with E-state index in [0.717, 1.165) is 38.6 Å². The number of rotatable bonds is 5. The van der Waals surface area contributed by atoms with Crippen LogP contribution in [0.15, 0.2) is 152 Å². The van der Waals surface area contributed by atoms with Gasteiger partial charge in [0, 0.05) is 0 Å². The molecule has 0 saturated carbocycles. The summed E-state index contributed by atoms with van der Waals surface area (Å²) >= 11 is 2.00. The SMILES string of the molecule is COc1ccc(-c2coc3ccc4ccccc4c3c2=O)cc1.COc1ccc(O[B]O)cc1.O=c1c(I)coc2ccc3ccccc3c12. The summed E-state index contributed by atoms with van der Waals surface area (Å²) < 4.78 is 26.5. The number of hydrogen-bond donors (Lipinski definition) is 1. The van der Waals surface area contributed by atoms with Crippen LogP contribution in [0.3, 0.4) is 0 Å². The summed E-state index contributed by atoms with van der Waals surface area (Å²) in [6.07, 6.45) is 3.03. The van der Waals surface area contributed by atoms with E-state index in [9.17, 15) is 9.59 Å². The molecule has 0 fully saturated rings. The molecule has 8 nitrogen and oxygen atoms in total. The number of halogens is 1. The highest BCUT2D eigenvalue weighted by molar-refractivity contribution is 14.1. The smallest absolute Gasteiger partial charge is 0.537 e. The second-order valence-electron chi connectivity index (χ2n) is 10.8. The van der Waals surface area contributed by atoms with Crippen molar-refractivity contribution in [1.82, 2.24) is 0 Å². The van der Waals surface area contributed by atoms with E-state index in [4.69, 9.17) is 23.3 Å². The normalized spacial score (nSPS) is 10.6. The van der Waals surface area contributed by atoms with Crippen molar-refractivity contribution in [2.45, 2.75) is 0 Å². The molecule has 0 aliphatic heterocycles. The quantitative estimate of drug-likeness (QED) is 0.105. The molecule has 10 heteroatoms. The molecular formula is C40H29BIO8. The molecule has 0 spiro atoms. The first-order valence-electron chi connectivity index (χ1n) is 15.3. The fraction of sp³-hybridized carbons (Fsp3) is 0.0500. The molecule has 8 aromatic rings. The summed E-state index contributed by atoms with van der Waals surface area (Å²) in [7, 11) is 3.85. The van der Waals surface area contributed by atoms with Gasteiger partial charge in [-0.2, -0.15) is 0 Å². The zero-order valence-corrected chi connectivity index (χ0v) is 29.1. The van der Waals surface area contributed by atoms with Crippen LogP contribution in [-0.4, -0.2) is 26.9 Å². The minimum Gasteiger partial charge on any atom is -0.537 e. The number of benzene rings is 6. The maximum absolute atomic E-state index is 13.0. The molecule has 1 radical (unpaired) electrons. The fourth-order valence-electron chi connectivity index (χ4n) is 5.45. The van der Waals surface area contributed by atoms with Crippen molar-refractivity contribution in [2.75, 3.05) is 14.2 Å². The van der Waals surface area contributed by atoms with Crippen LogP contribution in [0.1, 0.15) is 0 Å². The number of methoxy groups -OCH3 is 2. The Labute approximate surface area is 300 Å². The highest BCUT2D eigenvalue weighted by Gasteiger charge is 2.12. The Hall–Kier alpha value is -5.59. The average molecular weight is 775 g/mol. The van der Waals surface area contributed by atoms with Gasteiger partial charge in [0.25, 0.3) is 0 Å². The summed E-state index contributed by atoms with van der Waals surface area (Å²) in [5.74, 6) is 2.09. The molecule has 0 amide bonds. The Kier molecular flexibility index (Phi) is 10.8. The van der Waals surface area contributed by atoms with Gasteiger partial charge in [0.05, 0.1) is 34.1 Å². The zero-order valence-electron chi connectivity index (χ0n) is 27.0. The summed E-state index contributed by atoms with van der Waals surface area (Å²) in [6.45, 7) is 0. The second-order valence-corrected chi connectivity index (χ2v) is 12.0.